The third-order valence-electron chi connectivity index (χ3n) is 2.82. The zero-order chi connectivity index (χ0) is 15.1. The van der Waals surface area contributed by atoms with Gasteiger partial charge in [-0.1, -0.05) is 51.8 Å². The summed E-state index contributed by atoms with van der Waals surface area (Å²) in [6.45, 7) is 0.537. The maximum atomic E-state index is 11.8. The summed E-state index contributed by atoms with van der Waals surface area (Å²) in [5.41, 5.74) is 2.26. The van der Waals surface area contributed by atoms with Crippen LogP contribution in [0.15, 0.2) is 53.0 Å². The smallest absolute Gasteiger partial charge is 0.230 e. The number of hydrogen-bond acceptors (Lipinski definition) is 2. The van der Waals surface area contributed by atoms with E-state index in [-0.39, 0.29) is 5.91 Å². The molecule has 0 unspecified atom stereocenters. The maximum absolute atomic E-state index is 11.8. The van der Waals surface area contributed by atoms with Crippen LogP contribution in [0.25, 0.3) is 0 Å². The molecule has 1 amide bonds. The number of carbonyl (C=O) groups excluding carboxylic acids is 1. The zero-order valence-corrected chi connectivity index (χ0v) is 14.5. The van der Waals surface area contributed by atoms with Crippen molar-refractivity contribution in [2.45, 2.75) is 12.3 Å². The van der Waals surface area contributed by atoms with E-state index >= 15 is 0 Å². The van der Waals surface area contributed by atoms with Gasteiger partial charge in [0.05, 0.1) is 5.75 Å². The molecule has 2 nitrogen and oxygen atoms in total. The van der Waals surface area contributed by atoms with E-state index in [1.807, 2.05) is 36.4 Å². The maximum Gasteiger partial charge on any atom is 0.230 e. The summed E-state index contributed by atoms with van der Waals surface area (Å²) in [5.74, 6) is 1.35. The van der Waals surface area contributed by atoms with Crippen molar-refractivity contribution in [3.05, 3.63) is 69.2 Å². The van der Waals surface area contributed by atoms with Gasteiger partial charge in [0, 0.05) is 21.8 Å². The van der Waals surface area contributed by atoms with Gasteiger partial charge in [-0.25, -0.2) is 0 Å². The highest BCUT2D eigenvalue weighted by molar-refractivity contribution is 9.10. The Balaban J connectivity index is 1.67. The highest BCUT2D eigenvalue weighted by Crippen LogP contribution is 2.15. The highest BCUT2D eigenvalue weighted by atomic mass is 79.9. The van der Waals surface area contributed by atoms with Gasteiger partial charge in [-0.05, 0) is 35.4 Å². The molecule has 0 bridgehead atoms. The molecule has 0 aliphatic carbocycles. The van der Waals surface area contributed by atoms with Crippen LogP contribution in [0.2, 0.25) is 5.02 Å². The van der Waals surface area contributed by atoms with Gasteiger partial charge in [-0.15, -0.1) is 11.8 Å². The molecular weight excluding hydrogens is 370 g/mol. The molecule has 2 aromatic carbocycles. The van der Waals surface area contributed by atoms with Gasteiger partial charge in [0.15, 0.2) is 0 Å². The Morgan fingerprint density at radius 2 is 1.67 bits per heavy atom. The Hall–Kier alpha value is -0.970. The second-order valence-corrected chi connectivity index (χ2v) is 6.86. The summed E-state index contributed by atoms with van der Waals surface area (Å²) >= 11 is 10.8. The van der Waals surface area contributed by atoms with Crippen molar-refractivity contribution < 1.29 is 4.79 Å². The third-order valence-corrected chi connectivity index (χ3v) is 4.60. The quantitative estimate of drug-likeness (QED) is 0.785. The Morgan fingerprint density at radius 3 is 2.33 bits per heavy atom. The van der Waals surface area contributed by atoms with Crippen LogP contribution in [0.3, 0.4) is 0 Å². The van der Waals surface area contributed by atoms with Crippen LogP contribution in [-0.2, 0) is 17.1 Å². The lowest BCUT2D eigenvalue weighted by atomic mass is 10.2. The molecule has 0 aliphatic heterocycles. The van der Waals surface area contributed by atoms with E-state index in [4.69, 9.17) is 11.6 Å². The second kappa shape index (κ2) is 8.47. The summed E-state index contributed by atoms with van der Waals surface area (Å²) < 4.78 is 1.07. The first-order valence-corrected chi connectivity index (χ1v) is 8.79. The minimum Gasteiger partial charge on any atom is -0.351 e. The summed E-state index contributed by atoms with van der Waals surface area (Å²) in [5, 5.41) is 3.61. The molecule has 1 N–H and O–H groups in total. The molecule has 0 atom stereocenters. The van der Waals surface area contributed by atoms with Crippen molar-refractivity contribution in [2.75, 3.05) is 5.75 Å². The molecule has 2 rings (SSSR count). The van der Waals surface area contributed by atoms with Crippen LogP contribution in [0.5, 0.6) is 0 Å². The number of hydrogen-bond donors (Lipinski definition) is 1. The highest BCUT2D eigenvalue weighted by Gasteiger charge is 2.02. The minimum absolute atomic E-state index is 0.0482. The SMILES string of the molecule is O=C(CSCc1ccc(Br)cc1)NCc1ccc(Cl)cc1. The molecule has 110 valence electrons. The molecule has 0 aromatic heterocycles. The van der Waals surface area contributed by atoms with Gasteiger partial charge in [0.25, 0.3) is 0 Å². The van der Waals surface area contributed by atoms with E-state index < -0.39 is 0 Å². The van der Waals surface area contributed by atoms with Crippen molar-refractivity contribution >= 4 is 45.2 Å². The number of thioether (sulfide) groups is 1. The third kappa shape index (κ3) is 6.12. The first kappa shape index (κ1) is 16.4. The fourth-order valence-corrected chi connectivity index (χ4v) is 2.90. The summed E-state index contributed by atoms with van der Waals surface area (Å²) in [6.07, 6.45) is 0. The van der Waals surface area contributed by atoms with Crippen LogP contribution in [-0.4, -0.2) is 11.7 Å². The summed E-state index contributed by atoms with van der Waals surface area (Å²) in [6, 6.07) is 15.6. The van der Waals surface area contributed by atoms with Crippen molar-refractivity contribution in [1.82, 2.24) is 5.32 Å². The summed E-state index contributed by atoms with van der Waals surface area (Å²) in [7, 11) is 0. The minimum atomic E-state index is 0.0482. The number of halogens is 2. The van der Waals surface area contributed by atoms with E-state index in [0.717, 1.165) is 15.8 Å². The average Bonchev–Trinajstić information content (AvgIpc) is 2.49. The van der Waals surface area contributed by atoms with E-state index in [9.17, 15) is 4.79 Å². The Kier molecular flexibility index (Phi) is 6.61. The first-order valence-electron chi connectivity index (χ1n) is 6.47. The van der Waals surface area contributed by atoms with Crippen molar-refractivity contribution in [3.8, 4) is 0 Å². The van der Waals surface area contributed by atoms with Gasteiger partial charge in [0.2, 0.25) is 5.91 Å². The molecule has 0 saturated carbocycles. The lowest BCUT2D eigenvalue weighted by Gasteiger charge is -2.06. The Labute approximate surface area is 142 Å². The van der Waals surface area contributed by atoms with Crippen LogP contribution in [0.1, 0.15) is 11.1 Å². The average molecular weight is 385 g/mol. The molecule has 0 radical (unpaired) electrons. The van der Waals surface area contributed by atoms with Crippen LogP contribution < -0.4 is 5.32 Å². The van der Waals surface area contributed by atoms with Gasteiger partial charge >= 0.3 is 0 Å². The van der Waals surface area contributed by atoms with E-state index in [1.54, 1.807) is 11.8 Å². The van der Waals surface area contributed by atoms with Crippen LogP contribution >= 0.6 is 39.3 Å². The molecule has 0 spiro atoms. The van der Waals surface area contributed by atoms with Crippen LogP contribution in [0.4, 0.5) is 0 Å². The monoisotopic (exact) mass is 383 g/mol. The molecule has 21 heavy (non-hydrogen) atoms. The predicted molar refractivity (Wildman–Crippen MR) is 93.6 cm³/mol. The standard InChI is InChI=1S/C16H15BrClNOS/c17-14-5-1-13(2-6-14)10-21-11-16(20)19-9-12-3-7-15(18)8-4-12/h1-8H,9-11H2,(H,19,20). The van der Waals surface area contributed by atoms with E-state index in [1.165, 1.54) is 5.56 Å². The molecule has 0 heterocycles. The Bertz CT molecular complexity index is 586. The van der Waals surface area contributed by atoms with Gasteiger partial charge < -0.3 is 5.32 Å². The lowest BCUT2D eigenvalue weighted by molar-refractivity contribution is -0.118. The number of carbonyl (C=O) groups is 1. The van der Waals surface area contributed by atoms with Gasteiger partial charge in [0.1, 0.15) is 0 Å². The van der Waals surface area contributed by atoms with E-state index in [0.29, 0.717) is 17.3 Å². The molecule has 2 aromatic rings. The molecule has 0 aliphatic rings. The largest absolute Gasteiger partial charge is 0.351 e. The number of benzene rings is 2. The van der Waals surface area contributed by atoms with Crippen molar-refractivity contribution in [1.29, 1.82) is 0 Å². The molecule has 0 saturated heterocycles. The zero-order valence-electron chi connectivity index (χ0n) is 11.3. The predicted octanol–water partition coefficient (Wildman–Crippen LogP) is 4.65. The van der Waals surface area contributed by atoms with Gasteiger partial charge in [-0.2, -0.15) is 0 Å². The fourth-order valence-electron chi connectivity index (χ4n) is 1.70. The topological polar surface area (TPSA) is 29.1 Å². The lowest BCUT2D eigenvalue weighted by Crippen LogP contribution is -2.24. The second-order valence-electron chi connectivity index (χ2n) is 4.52. The Morgan fingerprint density at radius 1 is 1.05 bits per heavy atom. The fraction of sp³-hybridized carbons (Fsp3) is 0.188. The normalized spacial score (nSPS) is 10.4. The van der Waals surface area contributed by atoms with Crippen molar-refractivity contribution in [3.63, 3.8) is 0 Å². The number of nitrogens with one attached hydrogen (secondary N) is 1. The first-order chi connectivity index (χ1) is 10.1. The number of amides is 1. The van der Waals surface area contributed by atoms with Crippen molar-refractivity contribution in [2.24, 2.45) is 0 Å². The van der Waals surface area contributed by atoms with Gasteiger partial charge in [-0.3, -0.25) is 4.79 Å². The number of rotatable bonds is 6. The van der Waals surface area contributed by atoms with Crippen LogP contribution in [0, 0.1) is 0 Å². The van der Waals surface area contributed by atoms with E-state index in [2.05, 4.69) is 33.4 Å². The molecule has 0 fully saturated rings. The molecule has 5 heteroatoms. The molecular formula is C16H15BrClNOS. The summed E-state index contributed by atoms with van der Waals surface area (Å²) in [4.78, 5) is 11.8.